The predicted octanol–water partition coefficient (Wildman–Crippen LogP) is 5.31. The predicted molar refractivity (Wildman–Crippen MR) is 107 cm³/mol. The van der Waals surface area contributed by atoms with Crippen molar-refractivity contribution in [1.29, 1.82) is 0 Å². The zero-order chi connectivity index (χ0) is 21.5. The van der Waals surface area contributed by atoms with Gasteiger partial charge in [0.1, 0.15) is 5.75 Å². The highest BCUT2D eigenvalue weighted by molar-refractivity contribution is 7.19. The average Bonchev–Trinajstić information content (AvgIpc) is 2.55. The quantitative estimate of drug-likeness (QED) is 0.541. The number of ether oxygens (including phenoxy) is 1. The lowest BCUT2D eigenvalue weighted by Gasteiger charge is -2.14. The van der Waals surface area contributed by atoms with Crippen LogP contribution in [-0.4, -0.2) is 26.4 Å². The highest BCUT2D eigenvalue weighted by Crippen LogP contribution is 2.36. The second-order valence-electron chi connectivity index (χ2n) is 5.22. The first kappa shape index (κ1) is 21.6. The maximum Gasteiger partial charge on any atom is 0.417 e. The van der Waals surface area contributed by atoms with Gasteiger partial charge in [-0.15, -0.1) is 9.24 Å². The molecule has 0 heterocycles. The number of alkyl halides is 3. The van der Waals surface area contributed by atoms with E-state index < -0.39 is 28.7 Å². The highest BCUT2D eigenvalue weighted by Gasteiger charge is 2.33. The number of carbonyl (C=O) groups is 1. The number of aryl methyl sites for hydroxylation is 1. The number of nitrogens with one attached hydrogen (secondary N) is 1. The molecule has 2 aromatic carbocycles. The van der Waals surface area contributed by atoms with Crippen LogP contribution in [0.25, 0.3) is 0 Å². The number of hydrogen-bond donors (Lipinski definition) is 1. The van der Waals surface area contributed by atoms with E-state index in [1.807, 2.05) is 0 Å². The van der Waals surface area contributed by atoms with Crippen molar-refractivity contribution in [3.8, 4) is 5.75 Å². The zero-order valence-corrected chi connectivity index (χ0v) is 16.6. The van der Waals surface area contributed by atoms with Gasteiger partial charge < -0.3 is 10.1 Å². The summed E-state index contributed by atoms with van der Waals surface area (Å²) in [7, 11) is 6.84. The van der Waals surface area contributed by atoms with Crippen LogP contribution in [0.15, 0.2) is 36.4 Å². The summed E-state index contributed by atoms with van der Waals surface area (Å²) in [5.41, 5.74) is -0.0643. The van der Waals surface area contributed by atoms with Crippen molar-refractivity contribution in [2.75, 3.05) is 18.0 Å². The van der Waals surface area contributed by atoms with Crippen molar-refractivity contribution in [1.82, 2.24) is 0 Å². The highest BCUT2D eigenvalue weighted by atomic mass is 35.5. The second kappa shape index (κ2) is 10.6. The summed E-state index contributed by atoms with van der Waals surface area (Å²) >= 11 is 5.57. The number of rotatable bonds is 4. The second-order valence-corrected chi connectivity index (χ2v) is 6.01. The molecule has 2 aromatic rings. The van der Waals surface area contributed by atoms with Crippen LogP contribution in [0.1, 0.15) is 29.8 Å². The molecule has 2 atom stereocenters. The van der Waals surface area contributed by atoms with Crippen LogP contribution in [0.2, 0.25) is 5.02 Å². The van der Waals surface area contributed by atoms with Crippen LogP contribution in [0, 0.1) is 6.92 Å². The van der Waals surface area contributed by atoms with E-state index in [0.717, 1.165) is 12.1 Å². The van der Waals surface area contributed by atoms with Gasteiger partial charge in [-0.25, -0.2) is 0 Å². The van der Waals surface area contributed by atoms with E-state index in [2.05, 4.69) is 14.6 Å². The van der Waals surface area contributed by atoms with Crippen LogP contribution >= 0.6 is 20.8 Å². The van der Waals surface area contributed by atoms with E-state index in [9.17, 15) is 18.0 Å². The van der Waals surface area contributed by atoms with Crippen molar-refractivity contribution in [2.24, 2.45) is 0 Å². The maximum absolute atomic E-state index is 12.9. The molecule has 27 heavy (non-hydrogen) atoms. The summed E-state index contributed by atoms with van der Waals surface area (Å²) in [5, 5.41) is 2.04. The largest absolute Gasteiger partial charge is 0.493 e. The molecule has 144 valence electrons. The van der Waals surface area contributed by atoms with Gasteiger partial charge in [0, 0.05) is 7.06 Å². The van der Waals surface area contributed by atoms with E-state index in [-0.39, 0.29) is 11.3 Å². The fraction of sp³-hybridized carbons (Fsp3) is 0.278. The van der Waals surface area contributed by atoms with Crippen LogP contribution in [0.5, 0.6) is 5.75 Å². The Balaban J connectivity index is 0.000000892. The monoisotopic (exact) mass is 417 g/mol. The lowest BCUT2D eigenvalue weighted by Crippen LogP contribution is -2.16. The van der Waals surface area contributed by atoms with Crippen LogP contribution in [0.4, 0.5) is 18.9 Å². The Morgan fingerprint density at radius 3 is 2.56 bits per heavy atom. The SMILES string of the molecule is CCOc1cccc(C)c1C(=O)Nc1ccc(Cl)c(C(F)(F)F)c1.[3H]C([B])P. The Morgan fingerprint density at radius 2 is 2.00 bits per heavy atom. The molecule has 0 aliphatic heterocycles. The Morgan fingerprint density at radius 1 is 1.37 bits per heavy atom. The summed E-state index contributed by atoms with van der Waals surface area (Å²) < 4.78 is 50.4. The number of anilines is 1. The van der Waals surface area contributed by atoms with E-state index in [1.165, 1.54) is 6.07 Å². The Labute approximate surface area is 166 Å². The van der Waals surface area contributed by atoms with Gasteiger partial charge in [-0.3, -0.25) is 4.79 Å². The number of carbonyl (C=O) groups excluding carboxylic acids is 1. The number of halogens is 4. The summed E-state index contributed by atoms with van der Waals surface area (Å²) in [5.74, 6) is -0.174. The molecule has 2 radical (unpaired) electrons. The van der Waals surface area contributed by atoms with Gasteiger partial charge >= 0.3 is 6.18 Å². The van der Waals surface area contributed by atoms with Gasteiger partial charge in [0.15, 0.2) is 0 Å². The molecule has 1 amide bonds. The Bertz CT molecular complexity index is 819. The van der Waals surface area contributed by atoms with Crippen molar-refractivity contribution < 1.29 is 24.1 Å². The lowest BCUT2D eigenvalue weighted by atomic mass is 10.1. The van der Waals surface area contributed by atoms with Crippen LogP contribution in [-0.2, 0) is 6.18 Å². The third kappa shape index (κ3) is 6.75. The van der Waals surface area contributed by atoms with Crippen LogP contribution < -0.4 is 10.1 Å². The van der Waals surface area contributed by atoms with Gasteiger partial charge in [-0.2, -0.15) is 13.2 Å². The summed E-state index contributed by atoms with van der Waals surface area (Å²) in [4.78, 5) is 12.5. The molecule has 1 N–H and O–H groups in total. The molecule has 0 fully saturated rings. The van der Waals surface area contributed by atoms with Gasteiger partial charge in [0.25, 0.3) is 5.91 Å². The maximum atomic E-state index is 12.9. The number of amides is 1. The third-order valence-corrected chi connectivity index (χ3v) is 3.62. The molecule has 0 saturated heterocycles. The third-order valence-electron chi connectivity index (χ3n) is 3.29. The fourth-order valence-electron chi connectivity index (χ4n) is 2.22. The normalized spacial score (nSPS) is 12.3. The van der Waals surface area contributed by atoms with Gasteiger partial charge in [0.2, 0.25) is 0 Å². The minimum Gasteiger partial charge on any atom is -0.493 e. The minimum absolute atomic E-state index is 0.00225. The lowest BCUT2D eigenvalue weighted by molar-refractivity contribution is -0.137. The first-order chi connectivity index (χ1) is 13.0. The first-order valence-corrected chi connectivity index (χ1v) is 8.85. The number of hydrogen-bond acceptors (Lipinski definition) is 2. The molecule has 0 aliphatic rings. The molecular weight excluding hydrogens is 396 g/mol. The molecule has 3 nitrogen and oxygen atoms in total. The van der Waals surface area contributed by atoms with E-state index in [4.69, 9.17) is 25.6 Å². The summed E-state index contributed by atoms with van der Waals surface area (Å²) in [6, 6.07) is 7.81. The summed E-state index contributed by atoms with van der Waals surface area (Å²) in [6.07, 6.45) is -4.60. The number of benzene rings is 2. The van der Waals surface area contributed by atoms with E-state index in [1.54, 1.807) is 32.0 Å². The standard InChI is InChI=1S/C17H15ClF3NO2.CH4BP/c1-3-24-14-6-4-5-10(2)15(14)16(23)22-11-7-8-13(18)12(9-11)17(19,20)21;2-1-3/h4-9H,3H2,1-2H3,(H,22,23);1,3H2/i;1T. The first-order valence-electron chi connectivity index (χ1n) is 8.39. The van der Waals surface area contributed by atoms with Gasteiger partial charge in [0.05, 0.1) is 30.6 Å². The topological polar surface area (TPSA) is 38.3 Å². The van der Waals surface area contributed by atoms with E-state index in [0.29, 0.717) is 17.9 Å². The van der Waals surface area contributed by atoms with Crippen molar-refractivity contribution in [3.63, 3.8) is 0 Å². The molecular formula is C18H19BClF3NO2P. The molecule has 0 bridgehead atoms. The van der Waals surface area contributed by atoms with E-state index >= 15 is 0 Å². The Kier molecular flexibility index (Phi) is 8.45. The van der Waals surface area contributed by atoms with Crippen molar-refractivity contribution in [2.45, 2.75) is 20.0 Å². The van der Waals surface area contributed by atoms with Gasteiger partial charge in [-0.05, 0) is 43.7 Å². The van der Waals surface area contributed by atoms with Gasteiger partial charge in [-0.1, -0.05) is 29.8 Å². The minimum atomic E-state index is -4.60. The molecule has 2 unspecified atom stereocenters. The molecule has 0 saturated carbocycles. The van der Waals surface area contributed by atoms with Crippen molar-refractivity contribution in [3.05, 3.63) is 58.1 Å². The molecule has 2 rings (SSSR count). The molecule has 0 aliphatic carbocycles. The van der Waals surface area contributed by atoms with Crippen LogP contribution in [0.3, 0.4) is 0 Å². The molecule has 9 heteroatoms. The zero-order valence-electron chi connectivity index (χ0n) is 15.7. The molecule has 0 spiro atoms. The smallest absolute Gasteiger partial charge is 0.417 e. The van der Waals surface area contributed by atoms with Crippen molar-refractivity contribution >= 4 is 40.3 Å². The average molecular weight is 418 g/mol. The Hall–Kier alpha value is -1.72. The fourth-order valence-corrected chi connectivity index (χ4v) is 2.45. The molecule has 0 aromatic heterocycles. The summed E-state index contributed by atoms with van der Waals surface area (Å²) in [6.45, 7) is 3.86.